The second-order valence-corrected chi connectivity index (χ2v) is 2.84. The minimum absolute atomic E-state index is 0.372. The van der Waals surface area contributed by atoms with Gasteiger partial charge in [-0.1, -0.05) is 0 Å². The van der Waals surface area contributed by atoms with Crippen molar-refractivity contribution in [2.45, 2.75) is 0 Å². The molecule has 7 heteroatoms. The molecule has 0 aliphatic carbocycles. The zero-order valence-electron chi connectivity index (χ0n) is 7.94. The number of imidazole rings is 1. The van der Waals surface area contributed by atoms with E-state index in [1.807, 2.05) is 0 Å². The molecule has 15 heavy (non-hydrogen) atoms. The van der Waals surface area contributed by atoms with Crippen molar-refractivity contribution in [3.05, 3.63) is 18.6 Å². The Morgan fingerprint density at radius 1 is 1.47 bits per heavy atom. The molecule has 2 heterocycles. The maximum Gasteiger partial charge on any atom is 0.227 e. The van der Waals surface area contributed by atoms with Crippen LogP contribution < -0.4 is 16.8 Å². The quantitative estimate of drug-likeness (QED) is 0.552. The van der Waals surface area contributed by atoms with Crippen molar-refractivity contribution in [3.63, 3.8) is 0 Å². The van der Waals surface area contributed by atoms with E-state index in [4.69, 9.17) is 11.5 Å². The van der Waals surface area contributed by atoms with Crippen LogP contribution in [0.5, 0.6) is 0 Å². The number of aromatic amines is 1. The van der Waals surface area contributed by atoms with Crippen molar-refractivity contribution in [3.8, 4) is 0 Å². The molecule has 0 amide bonds. The van der Waals surface area contributed by atoms with E-state index in [2.05, 4.69) is 25.3 Å². The van der Waals surface area contributed by atoms with Crippen LogP contribution in [0.25, 0.3) is 11.2 Å². The van der Waals surface area contributed by atoms with E-state index < -0.39 is 0 Å². The van der Waals surface area contributed by atoms with Crippen LogP contribution in [-0.2, 0) is 0 Å². The molecule has 0 aromatic carbocycles. The van der Waals surface area contributed by atoms with Crippen molar-refractivity contribution in [2.24, 2.45) is 5.73 Å². The summed E-state index contributed by atoms with van der Waals surface area (Å²) in [6.45, 7) is 0.547. The molecular weight excluding hydrogens is 194 g/mol. The van der Waals surface area contributed by atoms with Crippen LogP contribution >= 0.6 is 0 Å². The summed E-state index contributed by atoms with van der Waals surface area (Å²) < 4.78 is 0. The third kappa shape index (κ3) is 1.80. The molecule has 2 aromatic heterocycles. The molecule has 0 radical (unpaired) electrons. The Balaban J connectivity index is 2.28. The van der Waals surface area contributed by atoms with Gasteiger partial charge in [-0.05, 0) is 12.3 Å². The summed E-state index contributed by atoms with van der Waals surface area (Å²) in [5.74, 6) is 0.807. The number of nitrogen functional groups attached to an aromatic ring is 1. The Morgan fingerprint density at radius 2 is 2.33 bits per heavy atom. The predicted molar refractivity (Wildman–Crippen MR) is 57.9 cm³/mol. The zero-order chi connectivity index (χ0) is 10.7. The molecule has 0 aliphatic heterocycles. The monoisotopic (exact) mass is 205 g/mol. The highest BCUT2D eigenvalue weighted by Crippen LogP contribution is 2.14. The summed E-state index contributed by atoms with van der Waals surface area (Å²) >= 11 is 0. The Bertz CT molecular complexity index is 487. The van der Waals surface area contributed by atoms with Gasteiger partial charge in [0.05, 0.1) is 6.33 Å². The fraction of sp³-hybridized carbons (Fsp3) is 0.125. The van der Waals surface area contributed by atoms with Crippen LogP contribution in [0.3, 0.4) is 0 Å². The second-order valence-electron chi connectivity index (χ2n) is 2.84. The molecule has 0 aliphatic rings. The van der Waals surface area contributed by atoms with Gasteiger partial charge < -0.3 is 21.8 Å². The SMILES string of the molecule is NC=CCNc1nc(N)c2[nH]cnc2n1. The van der Waals surface area contributed by atoms with Crippen molar-refractivity contribution in [1.82, 2.24) is 19.9 Å². The number of H-pyrrole nitrogens is 1. The molecule has 2 rings (SSSR count). The molecular formula is C8H11N7. The highest BCUT2D eigenvalue weighted by Gasteiger charge is 2.05. The number of hydrogen-bond acceptors (Lipinski definition) is 6. The lowest BCUT2D eigenvalue weighted by atomic mass is 10.5. The largest absolute Gasteiger partial charge is 0.405 e. The van der Waals surface area contributed by atoms with E-state index >= 15 is 0 Å². The molecule has 0 spiro atoms. The third-order valence-electron chi connectivity index (χ3n) is 1.83. The minimum Gasteiger partial charge on any atom is -0.405 e. The van der Waals surface area contributed by atoms with E-state index in [1.165, 1.54) is 12.5 Å². The lowest BCUT2D eigenvalue weighted by Gasteiger charge is -2.02. The average Bonchev–Trinajstić information content (AvgIpc) is 2.66. The van der Waals surface area contributed by atoms with Crippen LogP contribution in [0.1, 0.15) is 0 Å². The van der Waals surface area contributed by atoms with Gasteiger partial charge in [0.1, 0.15) is 5.52 Å². The third-order valence-corrected chi connectivity index (χ3v) is 1.83. The van der Waals surface area contributed by atoms with E-state index in [9.17, 15) is 0 Å². The van der Waals surface area contributed by atoms with E-state index in [0.29, 0.717) is 29.5 Å². The van der Waals surface area contributed by atoms with Crippen molar-refractivity contribution in [2.75, 3.05) is 17.6 Å². The molecule has 6 N–H and O–H groups in total. The maximum atomic E-state index is 5.70. The Morgan fingerprint density at radius 3 is 3.13 bits per heavy atom. The first kappa shape index (κ1) is 9.25. The molecule has 2 aromatic rings. The van der Waals surface area contributed by atoms with E-state index in [1.54, 1.807) is 6.08 Å². The molecule has 0 saturated heterocycles. The number of nitrogens with zero attached hydrogens (tertiary/aromatic N) is 3. The lowest BCUT2D eigenvalue weighted by molar-refractivity contribution is 1.14. The smallest absolute Gasteiger partial charge is 0.227 e. The fourth-order valence-electron chi connectivity index (χ4n) is 1.15. The number of nitrogens with two attached hydrogens (primary N) is 2. The van der Waals surface area contributed by atoms with Gasteiger partial charge in [0.15, 0.2) is 11.5 Å². The summed E-state index contributed by atoms with van der Waals surface area (Å²) in [5.41, 5.74) is 12.1. The van der Waals surface area contributed by atoms with Gasteiger partial charge in [0.2, 0.25) is 5.95 Å². The minimum atomic E-state index is 0.372. The average molecular weight is 205 g/mol. The number of fused-ring (bicyclic) bond motifs is 1. The second kappa shape index (κ2) is 3.82. The topological polar surface area (TPSA) is 119 Å². The molecule has 7 nitrogen and oxygen atoms in total. The maximum absolute atomic E-state index is 5.70. The molecule has 0 atom stereocenters. The number of anilines is 2. The highest BCUT2D eigenvalue weighted by molar-refractivity contribution is 5.82. The number of aromatic nitrogens is 4. The molecule has 0 bridgehead atoms. The van der Waals surface area contributed by atoms with Crippen LogP contribution in [0.2, 0.25) is 0 Å². The first-order chi connectivity index (χ1) is 7.31. The van der Waals surface area contributed by atoms with Gasteiger partial charge >= 0.3 is 0 Å². The van der Waals surface area contributed by atoms with Crippen LogP contribution in [0.15, 0.2) is 18.6 Å². The number of nitrogens with one attached hydrogen (secondary N) is 2. The summed E-state index contributed by atoms with van der Waals surface area (Å²) in [5, 5.41) is 2.95. The Hall–Kier alpha value is -2.31. The van der Waals surface area contributed by atoms with Gasteiger partial charge in [0, 0.05) is 6.54 Å². The molecule has 0 saturated carbocycles. The fourth-order valence-corrected chi connectivity index (χ4v) is 1.15. The van der Waals surface area contributed by atoms with Crippen molar-refractivity contribution >= 4 is 22.9 Å². The van der Waals surface area contributed by atoms with Gasteiger partial charge in [-0.15, -0.1) is 0 Å². The van der Waals surface area contributed by atoms with Crippen LogP contribution in [0.4, 0.5) is 11.8 Å². The first-order valence-electron chi connectivity index (χ1n) is 4.38. The first-order valence-corrected chi connectivity index (χ1v) is 4.38. The van der Waals surface area contributed by atoms with E-state index in [0.717, 1.165) is 0 Å². The summed E-state index contributed by atoms with van der Waals surface area (Å²) in [7, 11) is 0. The van der Waals surface area contributed by atoms with Gasteiger partial charge in [-0.25, -0.2) is 4.98 Å². The number of hydrogen-bond donors (Lipinski definition) is 4. The van der Waals surface area contributed by atoms with Crippen molar-refractivity contribution in [1.29, 1.82) is 0 Å². The highest BCUT2D eigenvalue weighted by atomic mass is 15.1. The van der Waals surface area contributed by atoms with Crippen LogP contribution in [0, 0.1) is 0 Å². The summed E-state index contributed by atoms with van der Waals surface area (Å²) in [6.07, 6.45) is 4.72. The van der Waals surface area contributed by atoms with Crippen LogP contribution in [-0.4, -0.2) is 26.5 Å². The summed E-state index contributed by atoms with van der Waals surface area (Å²) in [4.78, 5) is 15.1. The predicted octanol–water partition coefficient (Wildman–Crippen LogP) is -0.181. The lowest BCUT2D eigenvalue weighted by Crippen LogP contribution is -2.05. The zero-order valence-corrected chi connectivity index (χ0v) is 7.94. The Kier molecular flexibility index (Phi) is 2.36. The normalized spacial score (nSPS) is 11.2. The van der Waals surface area contributed by atoms with E-state index in [-0.39, 0.29) is 0 Å². The standard InChI is InChI=1S/C8H11N7/c9-2-1-3-11-8-14-6(10)5-7(15-8)13-4-12-5/h1-2,4H,3,9H2,(H4,10,11,12,13,14,15). The van der Waals surface area contributed by atoms with Gasteiger partial charge in [0.25, 0.3) is 0 Å². The van der Waals surface area contributed by atoms with Crippen molar-refractivity contribution < 1.29 is 0 Å². The molecule has 0 unspecified atom stereocenters. The molecule has 78 valence electrons. The Labute approximate surface area is 85.6 Å². The molecule has 0 fully saturated rings. The van der Waals surface area contributed by atoms with Gasteiger partial charge in [-0.3, -0.25) is 0 Å². The van der Waals surface area contributed by atoms with Gasteiger partial charge in [-0.2, -0.15) is 9.97 Å². The summed E-state index contributed by atoms with van der Waals surface area (Å²) in [6, 6.07) is 0. The number of rotatable bonds is 3.